The molecule has 4 rings (SSSR count). The van der Waals surface area contributed by atoms with E-state index in [1.165, 1.54) is 35.2 Å². The maximum atomic E-state index is 13.1. The predicted octanol–water partition coefficient (Wildman–Crippen LogP) is 4.14. The largest absolute Gasteiger partial charge is 0.507 e. The summed E-state index contributed by atoms with van der Waals surface area (Å²) in [7, 11) is 0. The standard InChI is InChI=1S/C24H18N2O7/c27-20-11-10-17(13-18(20)24(30)31)25-21(15-6-8-16(9-7-15)26(32)33)19(22(28)23(25)29)12-14-4-2-1-3-5-14/h1-11,13,21,27-28H,12H2,(H,30,31)/t21-/m1/s1. The number of non-ortho nitro benzene ring substituents is 1. The Balaban J connectivity index is 1.85. The van der Waals surface area contributed by atoms with Gasteiger partial charge in [-0.2, -0.15) is 0 Å². The number of aliphatic hydroxyl groups excluding tert-OH is 1. The molecule has 0 fully saturated rings. The molecule has 1 amide bonds. The summed E-state index contributed by atoms with van der Waals surface area (Å²) in [6, 6.07) is 17.6. The molecule has 0 unspecified atom stereocenters. The Kier molecular flexibility index (Phi) is 5.53. The van der Waals surface area contributed by atoms with E-state index in [-0.39, 0.29) is 17.8 Å². The number of anilines is 1. The molecule has 9 nitrogen and oxygen atoms in total. The first kappa shape index (κ1) is 21.6. The highest BCUT2D eigenvalue weighted by Gasteiger charge is 2.41. The zero-order valence-electron chi connectivity index (χ0n) is 17.1. The Bertz CT molecular complexity index is 1280. The summed E-state index contributed by atoms with van der Waals surface area (Å²) < 4.78 is 0. The molecule has 0 radical (unpaired) electrons. The van der Waals surface area contributed by atoms with Crippen LogP contribution in [0.3, 0.4) is 0 Å². The van der Waals surface area contributed by atoms with Crippen molar-refractivity contribution in [3.63, 3.8) is 0 Å². The second-order valence-corrected chi connectivity index (χ2v) is 7.47. The highest BCUT2D eigenvalue weighted by Crippen LogP contribution is 2.43. The minimum Gasteiger partial charge on any atom is -0.507 e. The van der Waals surface area contributed by atoms with Crippen molar-refractivity contribution in [1.82, 2.24) is 0 Å². The van der Waals surface area contributed by atoms with E-state index < -0.39 is 39.9 Å². The van der Waals surface area contributed by atoms with E-state index in [9.17, 15) is 35.0 Å². The molecule has 166 valence electrons. The van der Waals surface area contributed by atoms with Gasteiger partial charge in [-0.25, -0.2) is 4.79 Å². The van der Waals surface area contributed by atoms with Gasteiger partial charge >= 0.3 is 5.97 Å². The number of amides is 1. The minimum atomic E-state index is -1.38. The molecule has 3 N–H and O–H groups in total. The molecule has 33 heavy (non-hydrogen) atoms. The van der Waals surface area contributed by atoms with Crippen LogP contribution in [0.2, 0.25) is 0 Å². The van der Waals surface area contributed by atoms with E-state index in [0.717, 1.165) is 17.7 Å². The lowest BCUT2D eigenvalue weighted by atomic mass is 9.93. The minimum absolute atomic E-state index is 0.134. The van der Waals surface area contributed by atoms with Crippen molar-refractivity contribution >= 4 is 23.3 Å². The van der Waals surface area contributed by atoms with Crippen LogP contribution in [-0.2, 0) is 11.2 Å². The number of carboxylic acid groups (broad SMARTS) is 1. The quantitative estimate of drug-likeness (QED) is 0.382. The lowest BCUT2D eigenvalue weighted by Crippen LogP contribution is -2.30. The molecule has 9 heteroatoms. The first-order valence-electron chi connectivity index (χ1n) is 9.88. The van der Waals surface area contributed by atoms with Crippen molar-refractivity contribution < 1.29 is 29.8 Å². The van der Waals surface area contributed by atoms with Gasteiger partial charge in [-0.05, 0) is 47.9 Å². The van der Waals surface area contributed by atoms with E-state index in [1.807, 2.05) is 30.3 Å². The average Bonchev–Trinajstić information content (AvgIpc) is 3.05. The maximum absolute atomic E-state index is 13.1. The van der Waals surface area contributed by atoms with Gasteiger partial charge < -0.3 is 15.3 Å². The number of hydrogen-bond donors (Lipinski definition) is 3. The monoisotopic (exact) mass is 446 g/mol. The van der Waals surface area contributed by atoms with E-state index in [0.29, 0.717) is 11.1 Å². The fraction of sp³-hybridized carbons (Fsp3) is 0.0833. The molecule has 1 heterocycles. The molecule has 1 aliphatic rings. The number of carbonyl (C=O) groups is 2. The number of aliphatic hydroxyl groups is 1. The summed E-state index contributed by atoms with van der Waals surface area (Å²) in [6.07, 6.45) is 0.223. The van der Waals surface area contributed by atoms with E-state index in [4.69, 9.17) is 0 Å². The molecule has 0 aliphatic carbocycles. The Morgan fingerprint density at radius 1 is 1.00 bits per heavy atom. The summed E-state index contributed by atoms with van der Waals surface area (Å²) in [5, 5.41) is 41.1. The number of rotatable bonds is 6. The van der Waals surface area contributed by atoms with E-state index in [1.54, 1.807) is 0 Å². The molecular formula is C24H18N2O7. The number of benzene rings is 3. The van der Waals surface area contributed by atoms with Gasteiger partial charge in [-0.3, -0.25) is 19.8 Å². The fourth-order valence-electron chi connectivity index (χ4n) is 3.89. The van der Waals surface area contributed by atoms with Crippen molar-refractivity contribution in [3.8, 4) is 5.75 Å². The molecule has 0 bridgehead atoms. The van der Waals surface area contributed by atoms with Crippen LogP contribution in [0.5, 0.6) is 5.75 Å². The van der Waals surface area contributed by atoms with Gasteiger partial charge in [-0.1, -0.05) is 30.3 Å². The van der Waals surface area contributed by atoms with Gasteiger partial charge in [0.2, 0.25) is 0 Å². The van der Waals surface area contributed by atoms with Crippen molar-refractivity contribution in [1.29, 1.82) is 0 Å². The van der Waals surface area contributed by atoms with Crippen molar-refractivity contribution in [2.75, 3.05) is 4.90 Å². The predicted molar refractivity (Wildman–Crippen MR) is 118 cm³/mol. The van der Waals surface area contributed by atoms with Crippen molar-refractivity contribution in [2.45, 2.75) is 12.5 Å². The highest BCUT2D eigenvalue weighted by molar-refractivity contribution is 6.09. The SMILES string of the molecule is O=C(O)c1cc(N2C(=O)C(O)=C(Cc3ccccc3)[C@H]2c2ccc([N+](=O)[O-])cc2)ccc1O. The summed E-state index contributed by atoms with van der Waals surface area (Å²) >= 11 is 0. The second-order valence-electron chi connectivity index (χ2n) is 7.47. The second kappa shape index (κ2) is 8.46. The Labute approximate surface area is 187 Å². The van der Waals surface area contributed by atoms with Gasteiger partial charge in [0.05, 0.1) is 11.0 Å². The van der Waals surface area contributed by atoms with E-state index >= 15 is 0 Å². The number of nitrogens with zero attached hydrogens (tertiary/aromatic N) is 2. The zero-order chi connectivity index (χ0) is 23.7. The Morgan fingerprint density at radius 3 is 2.27 bits per heavy atom. The number of aromatic carboxylic acids is 1. The maximum Gasteiger partial charge on any atom is 0.339 e. The first-order valence-corrected chi connectivity index (χ1v) is 9.88. The topological polar surface area (TPSA) is 141 Å². The molecule has 1 atom stereocenters. The number of carboxylic acids is 1. The summed E-state index contributed by atoms with van der Waals surface area (Å²) in [5.41, 5.74) is 1.30. The molecule has 1 aliphatic heterocycles. The van der Waals surface area contributed by atoms with Crippen LogP contribution < -0.4 is 4.90 Å². The molecule has 0 aromatic heterocycles. The van der Waals surface area contributed by atoms with E-state index in [2.05, 4.69) is 0 Å². The smallest absolute Gasteiger partial charge is 0.339 e. The van der Waals surface area contributed by atoms with Gasteiger partial charge in [0.1, 0.15) is 11.3 Å². The normalized spacial score (nSPS) is 15.7. The molecule has 0 saturated carbocycles. The molecule has 3 aromatic rings. The van der Waals surface area contributed by atoms with Crippen LogP contribution in [0, 0.1) is 10.1 Å². The van der Waals surface area contributed by atoms with Crippen molar-refractivity contribution in [3.05, 3.63) is 111 Å². The lowest BCUT2D eigenvalue weighted by molar-refractivity contribution is -0.384. The van der Waals surface area contributed by atoms with Gasteiger partial charge in [0.15, 0.2) is 5.76 Å². The highest BCUT2D eigenvalue weighted by atomic mass is 16.6. The van der Waals surface area contributed by atoms with Crippen LogP contribution >= 0.6 is 0 Å². The van der Waals surface area contributed by atoms with Crippen LogP contribution in [-0.4, -0.2) is 32.1 Å². The van der Waals surface area contributed by atoms with Crippen LogP contribution in [0.1, 0.15) is 27.5 Å². The van der Waals surface area contributed by atoms with Crippen LogP contribution in [0.25, 0.3) is 0 Å². The lowest BCUT2D eigenvalue weighted by Gasteiger charge is -2.27. The number of aromatic hydroxyl groups is 1. The van der Waals surface area contributed by atoms with Gasteiger partial charge in [-0.15, -0.1) is 0 Å². The summed E-state index contributed by atoms with van der Waals surface area (Å²) in [6.45, 7) is 0. The number of nitro groups is 1. The third kappa shape index (κ3) is 3.99. The number of phenols is 1. The third-order valence-electron chi connectivity index (χ3n) is 5.46. The molecule has 0 saturated heterocycles. The van der Waals surface area contributed by atoms with Gasteiger partial charge in [0.25, 0.3) is 11.6 Å². The van der Waals surface area contributed by atoms with Gasteiger partial charge in [0, 0.05) is 23.4 Å². The molecule has 3 aromatic carbocycles. The third-order valence-corrected chi connectivity index (χ3v) is 5.46. The van der Waals surface area contributed by atoms with Crippen LogP contribution in [0.15, 0.2) is 84.1 Å². The number of carbonyl (C=O) groups excluding carboxylic acids is 1. The summed E-state index contributed by atoms with van der Waals surface area (Å²) in [5.74, 6) is -3.07. The molecular weight excluding hydrogens is 428 g/mol. The molecule has 0 spiro atoms. The van der Waals surface area contributed by atoms with Crippen molar-refractivity contribution in [2.24, 2.45) is 0 Å². The number of hydrogen-bond acceptors (Lipinski definition) is 6. The summed E-state index contributed by atoms with van der Waals surface area (Å²) in [4.78, 5) is 36.4. The van der Waals surface area contributed by atoms with Crippen LogP contribution in [0.4, 0.5) is 11.4 Å². The average molecular weight is 446 g/mol. The first-order chi connectivity index (χ1) is 15.8. The fourth-order valence-corrected chi connectivity index (χ4v) is 3.89. The Morgan fingerprint density at radius 2 is 1.67 bits per heavy atom. The Hall–Kier alpha value is -4.66. The zero-order valence-corrected chi connectivity index (χ0v) is 17.1. The number of nitro benzene ring substituents is 1.